The first-order valence-electron chi connectivity index (χ1n) is 3.00. The molecule has 0 atom stereocenters. The van der Waals surface area contributed by atoms with Crippen molar-refractivity contribution < 1.29 is 18.3 Å². The van der Waals surface area contributed by atoms with Gasteiger partial charge in [-0.1, -0.05) is 0 Å². The number of nitrogens with one attached hydrogen (secondary N) is 1. The monoisotopic (exact) mass is 191 g/mol. The molecule has 1 rings (SSSR count). The summed E-state index contributed by atoms with van der Waals surface area (Å²) in [4.78, 5) is 0. The van der Waals surface area contributed by atoms with E-state index in [1.54, 1.807) is 0 Å². The van der Waals surface area contributed by atoms with Crippen molar-refractivity contribution >= 4 is 12.4 Å². The zero-order chi connectivity index (χ0) is 7.78. The van der Waals surface area contributed by atoms with E-state index < -0.39 is 18.4 Å². The molecule has 0 aromatic rings. The lowest BCUT2D eigenvalue weighted by atomic mass is 9.90. The molecule has 1 aliphatic rings. The fourth-order valence-electron chi connectivity index (χ4n) is 0.937. The van der Waals surface area contributed by atoms with Gasteiger partial charge in [-0.15, -0.1) is 12.4 Å². The lowest BCUT2D eigenvalue weighted by Crippen LogP contribution is -2.50. The van der Waals surface area contributed by atoms with E-state index >= 15 is 0 Å². The second-order valence-corrected chi connectivity index (χ2v) is 2.46. The Kier molecular flexibility index (Phi) is 3.60. The molecular weight excluding hydrogens is 183 g/mol. The van der Waals surface area contributed by atoms with Gasteiger partial charge < -0.3 is 5.11 Å². The highest BCUT2D eigenvalue weighted by Crippen LogP contribution is 2.23. The minimum atomic E-state index is -4.30. The average molecular weight is 192 g/mol. The van der Waals surface area contributed by atoms with Crippen LogP contribution in [0.5, 0.6) is 0 Å². The van der Waals surface area contributed by atoms with Gasteiger partial charge in [0.2, 0.25) is 0 Å². The zero-order valence-electron chi connectivity index (χ0n) is 5.56. The topological polar surface area (TPSA) is 32.3 Å². The summed E-state index contributed by atoms with van der Waals surface area (Å²) in [5.74, 6) is 0. The van der Waals surface area contributed by atoms with E-state index in [2.05, 4.69) is 0 Å². The number of hydrogen-bond donors (Lipinski definition) is 2. The van der Waals surface area contributed by atoms with E-state index in [0.717, 1.165) is 0 Å². The van der Waals surface area contributed by atoms with Crippen LogP contribution in [-0.4, -0.2) is 23.6 Å². The number of aliphatic hydroxyl groups excluding tert-OH is 1. The lowest BCUT2D eigenvalue weighted by molar-refractivity contribution is -0.174. The van der Waals surface area contributed by atoms with Crippen LogP contribution in [0.15, 0.2) is 0 Å². The second kappa shape index (κ2) is 3.60. The SMILES string of the molecule is Cl.OC1CC(NC(F)(F)F)C1. The fourth-order valence-corrected chi connectivity index (χ4v) is 0.937. The lowest BCUT2D eigenvalue weighted by Gasteiger charge is -2.32. The van der Waals surface area contributed by atoms with E-state index in [0.29, 0.717) is 0 Å². The highest BCUT2D eigenvalue weighted by atomic mass is 35.5. The van der Waals surface area contributed by atoms with Gasteiger partial charge in [0.05, 0.1) is 6.10 Å². The van der Waals surface area contributed by atoms with Crippen LogP contribution in [0.4, 0.5) is 13.2 Å². The summed E-state index contributed by atoms with van der Waals surface area (Å²) < 4.78 is 34.4. The molecule has 1 aliphatic carbocycles. The van der Waals surface area contributed by atoms with Gasteiger partial charge in [0, 0.05) is 6.04 Å². The molecule has 0 aromatic heterocycles. The zero-order valence-corrected chi connectivity index (χ0v) is 6.37. The first-order valence-corrected chi connectivity index (χ1v) is 3.00. The van der Waals surface area contributed by atoms with Crippen LogP contribution < -0.4 is 5.32 Å². The number of aliphatic hydroxyl groups is 1. The van der Waals surface area contributed by atoms with Gasteiger partial charge in [-0.05, 0) is 12.8 Å². The van der Waals surface area contributed by atoms with Crippen molar-refractivity contribution in [3.05, 3.63) is 0 Å². The predicted molar refractivity (Wildman–Crippen MR) is 35.5 cm³/mol. The number of halogens is 4. The van der Waals surface area contributed by atoms with E-state index in [1.807, 2.05) is 0 Å². The molecule has 0 amide bonds. The van der Waals surface area contributed by atoms with E-state index in [1.165, 1.54) is 5.32 Å². The Bertz CT molecular complexity index is 123. The van der Waals surface area contributed by atoms with Gasteiger partial charge >= 0.3 is 6.30 Å². The van der Waals surface area contributed by atoms with Crippen LogP contribution in [0.25, 0.3) is 0 Å². The molecule has 0 unspecified atom stereocenters. The van der Waals surface area contributed by atoms with Crippen molar-refractivity contribution in [1.82, 2.24) is 5.32 Å². The first kappa shape index (κ1) is 11.0. The normalized spacial score (nSPS) is 30.5. The number of hydrogen-bond acceptors (Lipinski definition) is 2. The van der Waals surface area contributed by atoms with Crippen LogP contribution in [0, 0.1) is 0 Å². The Hall–Kier alpha value is -0.0000000000000000555. The van der Waals surface area contributed by atoms with Gasteiger partial charge in [-0.3, -0.25) is 0 Å². The minimum Gasteiger partial charge on any atom is -0.393 e. The Labute approximate surface area is 68.2 Å². The van der Waals surface area contributed by atoms with Crippen molar-refractivity contribution in [2.24, 2.45) is 0 Å². The summed E-state index contributed by atoms with van der Waals surface area (Å²) in [6, 6.07) is -0.574. The average Bonchev–Trinajstić information content (AvgIpc) is 1.57. The number of alkyl halides is 3. The van der Waals surface area contributed by atoms with Crippen LogP contribution in [0.3, 0.4) is 0 Å². The van der Waals surface area contributed by atoms with Gasteiger partial charge in [-0.2, -0.15) is 13.2 Å². The fraction of sp³-hybridized carbons (Fsp3) is 1.00. The van der Waals surface area contributed by atoms with Gasteiger partial charge in [-0.25, -0.2) is 5.32 Å². The largest absolute Gasteiger partial charge is 0.457 e. The predicted octanol–water partition coefficient (Wildman–Crippen LogP) is 1.04. The molecule has 68 valence electrons. The molecule has 11 heavy (non-hydrogen) atoms. The molecule has 1 fully saturated rings. The summed E-state index contributed by atoms with van der Waals surface area (Å²) in [6.45, 7) is 0. The molecule has 0 heterocycles. The Morgan fingerprint density at radius 3 is 2.00 bits per heavy atom. The third kappa shape index (κ3) is 3.79. The van der Waals surface area contributed by atoms with Crippen molar-refractivity contribution in [3.8, 4) is 0 Å². The molecule has 2 N–H and O–H groups in total. The maximum Gasteiger partial charge on any atom is 0.457 e. The Balaban J connectivity index is 0.000001000. The summed E-state index contributed by atoms with van der Waals surface area (Å²) in [5, 5.41) is 10.0. The van der Waals surface area contributed by atoms with Gasteiger partial charge in [0.25, 0.3) is 0 Å². The second-order valence-electron chi connectivity index (χ2n) is 2.46. The Morgan fingerprint density at radius 2 is 1.73 bits per heavy atom. The standard InChI is InChI=1S/C5H8F3NO.ClH/c6-5(7,8)9-3-1-4(10)2-3;/h3-4,9-10H,1-2H2;1H. The number of rotatable bonds is 1. The van der Waals surface area contributed by atoms with Gasteiger partial charge in [0.1, 0.15) is 0 Å². The molecule has 2 nitrogen and oxygen atoms in total. The maximum absolute atomic E-state index is 11.5. The summed E-state index contributed by atoms with van der Waals surface area (Å²) >= 11 is 0. The highest BCUT2D eigenvalue weighted by Gasteiger charge is 2.37. The van der Waals surface area contributed by atoms with E-state index in [-0.39, 0.29) is 25.2 Å². The third-order valence-electron chi connectivity index (χ3n) is 1.48. The summed E-state index contributed by atoms with van der Waals surface area (Å²) in [7, 11) is 0. The van der Waals surface area contributed by atoms with Crippen LogP contribution in [0.1, 0.15) is 12.8 Å². The molecule has 0 saturated heterocycles. The molecule has 1 saturated carbocycles. The third-order valence-corrected chi connectivity index (χ3v) is 1.48. The molecule has 0 bridgehead atoms. The van der Waals surface area contributed by atoms with Crippen LogP contribution >= 0.6 is 12.4 Å². The van der Waals surface area contributed by atoms with Crippen molar-refractivity contribution in [3.63, 3.8) is 0 Å². The molecule has 0 radical (unpaired) electrons. The quantitative estimate of drug-likeness (QED) is 0.607. The van der Waals surface area contributed by atoms with Crippen molar-refractivity contribution in [1.29, 1.82) is 0 Å². The summed E-state index contributed by atoms with van der Waals surface area (Å²) in [5.41, 5.74) is 0. The maximum atomic E-state index is 11.5. The van der Waals surface area contributed by atoms with Crippen molar-refractivity contribution in [2.75, 3.05) is 0 Å². The minimum absolute atomic E-state index is 0. The molecule has 0 aliphatic heterocycles. The van der Waals surface area contributed by atoms with Gasteiger partial charge in [0.15, 0.2) is 0 Å². The van der Waals surface area contributed by atoms with E-state index in [9.17, 15) is 13.2 Å². The highest BCUT2D eigenvalue weighted by molar-refractivity contribution is 5.85. The van der Waals surface area contributed by atoms with Crippen LogP contribution in [-0.2, 0) is 0 Å². The van der Waals surface area contributed by atoms with Crippen LogP contribution in [0.2, 0.25) is 0 Å². The van der Waals surface area contributed by atoms with E-state index in [4.69, 9.17) is 5.11 Å². The van der Waals surface area contributed by atoms with Crippen molar-refractivity contribution in [2.45, 2.75) is 31.3 Å². The molecule has 6 heteroatoms. The smallest absolute Gasteiger partial charge is 0.393 e. The molecule has 0 spiro atoms. The summed E-state index contributed by atoms with van der Waals surface area (Å²) in [6.07, 6.45) is -4.43. The Morgan fingerprint density at radius 1 is 1.27 bits per heavy atom. The molecule has 0 aromatic carbocycles. The molecular formula is C5H9ClF3NO. The first-order chi connectivity index (χ1) is 4.47.